The number of nitrogens with zero attached hydrogens (tertiary/aromatic N) is 1. The van der Waals surface area contributed by atoms with Crippen LogP contribution in [-0.2, 0) is 22.4 Å². The predicted molar refractivity (Wildman–Crippen MR) is 131 cm³/mol. The van der Waals surface area contributed by atoms with Crippen molar-refractivity contribution in [1.29, 1.82) is 0 Å². The van der Waals surface area contributed by atoms with E-state index in [1.165, 1.54) is 11.3 Å². The molecular weight excluding hydrogens is 450 g/mol. The van der Waals surface area contributed by atoms with E-state index in [0.717, 1.165) is 35.3 Å². The highest BCUT2D eigenvalue weighted by molar-refractivity contribution is 7.17. The number of primary amides is 1. The quantitative estimate of drug-likeness (QED) is 0.406. The first kappa shape index (κ1) is 21.8. The van der Waals surface area contributed by atoms with Crippen LogP contribution in [0.25, 0.3) is 22.2 Å². The van der Waals surface area contributed by atoms with Gasteiger partial charge in [-0.2, -0.15) is 0 Å². The van der Waals surface area contributed by atoms with E-state index >= 15 is 0 Å². The van der Waals surface area contributed by atoms with E-state index in [1.807, 2.05) is 48.5 Å². The van der Waals surface area contributed by atoms with Crippen LogP contribution in [0.1, 0.15) is 37.6 Å². The molecule has 8 heteroatoms. The van der Waals surface area contributed by atoms with Gasteiger partial charge in [-0.3, -0.25) is 9.59 Å². The number of fused-ring (bicyclic) bond motifs is 2. The molecule has 170 valence electrons. The zero-order chi connectivity index (χ0) is 23.7. The fraction of sp³-hybridized carbons (Fsp3) is 0.154. The van der Waals surface area contributed by atoms with Gasteiger partial charge in [0.25, 0.3) is 11.8 Å². The van der Waals surface area contributed by atoms with Crippen molar-refractivity contribution in [3.8, 4) is 11.3 Å². The lowest BCUT2D eigenvalue weighted by Gasteiger charge is -2.10. The number of pyridine rings is 1. The zero-order valence-corrected chi connectivity index (χ0v) is 19.0. The van der Waals surface area contributed by atoms with Crippen LogP contribution in [-0.4, -0.2) is 29.4 Å². The summed E-state index contributed by atoms with van der Waals surface area (Å²) < 4.78 is 5.35. The van der Waals surface area contributed by atoms with Crippen LogP contribution in [0.15, 0.2) is 60.7 Å². The molecule has 0 unspecified atom stereocenters. The van der Waals surface area contributed by atoms with Crippen molar-refractivity contribution in [1.82, 2.24) is 4.98 Å². The molecule has 4 aromatic rings. The zero-order valence-electron chi connectivity index (χ0n) is 18.2. The molecule has 0 saturated carbocycles. The summed E-state index contributed by atoms with van der Waals surface area (Å²) >= 11 is 1.36. The number of hydrogen-bond acceptors (Lipinski definition) is 6. The Morgan fingerprint density at radius 1 is 1.03 bits per heavy atom. The molecule has 0 atom stereocenters. The highest BCUT2D eigenvalue weighted by Crippen LogP contribution is 2.38. The Morgan fingerprint density at radius 2 is 1.79 bits per heavy atom. The van der Waals surface area contributed by atoms with E-state index in [2.05, 4.69) is 10.3 Å². The number of rotatable bonds is 6. The van der Waals surface area contributed by atoms with Gasteiger partial charge in [0.1, 0.15) is 5.00 Å². The molecule has 3 N–H and O–H groups in total. The molecular formula is C26H21N3O4S. The van der Waals surface area contributed by atoms with Crippen molar-refractivity contribution in [2.24, 2.45) is 5.73 Å². The smallest absolute Gasteiger partial charge is 0.339 e. The molecule has 0 spiro atoms. The Balaban J connectivity index is 1.36. The third-order valence-corrected chi connectivity index (χ3v) is 6.97. The van der Waals surface area contributed by atoms with Crippen LogP contribution in [0.3, 0.4) is 0 Å². The second-order valence-electron chi connectivity index (χ2n) is 7.99. The molecule has 1 aliphatic carbocycles. The minimum absolute atomic E-state index is 0.324. The minimum Gasteiger partial charge on any atom is -0.452 e. The summed E-state index contributed by atoms with van der Waals surface area (Å²) in [5, 5.41) is 3.74. The highest BCUT2D eigenvalue weighted by Gasteiger charge is 2.26. The average molecular weight is 472 g/mol. The molecule has 7 nitrogen and oxygen atoms in total. The minimum atomic E-state index is -0.630. The number of anilines is 1. The third-order valence-electron chi connectivity index (χ3n) is 5.76. The van der Waals surface area contributed by atoms with Crippen LogP contribution in [0, 0.1) is 0 Å². The van der Waals surface area contributed by atoms with Gasteiger partial charge in [-0.15, -0.1) is 11.3 Å². The van der Waals surface area contributed by atoms with E-state index < -0.39 is 24.4 Å². The third kappa shape index (κ3) is 4.15. The van der Waals surface area contributed by atoms with Gasteiger partial charge in [0.2, 0.25) is 0 Å². The summed E-state index contributed by atoms with van der Waals surface area (Å²) in [6.45, 7) is -0.489. The Hall–Kier alpha value is -4.04. The van der Waals surface area contributed by atoms with Gasteiger partial charge in [-0.1, -0.05) is 48.5 Å². The monoisotopic (exact) mass is 471 g/mol. The molecule has 1 aliphatic rings. The lowest BCUT2D eigenvalue weighted by atomic mass is 10.0. The fourth-order valence-electron chi connectivity index (χ4n) is 4.23. The van der Waals surface area contributed by atoms with E-state index in [-0.39, 0.29) is 0 Å². The topological polar surface area (TPSA) is 111 Å². The molecule has 0 fully saturated rings. The number of ether oxygens (including phenoxy) is 1. The van der Waals surface area contributed by atoms with Gasteiger partial charge in [-0.25, -0.2) is 9.78 Å². The number of nitrogens with two attached hydrogens (primary N) is 1. The predicted octanol–water partition coefficient (Wildman–Crippen LogP) is 4.35. The van der Waals surface area contributed by atoms with Gasteiger partial charge in [-0.05, 0) is 37.0 Å². The summed E-state index contributed by atoms with van der Waals surface area (Å²) in [6, 6.07) is 18.5. The molecule has 0 aliphatic heterocycles. The molecule has 34 heavy (non-hydrogen) atoms. The number of thiophene rings is 1. The Morgan fingerprint density at radius 3 is 2.59 bits per heavy atom. The molecule has 0 saturated heterocycles. The number of carbonyl (C=O) groups excluding carboxylic acids is 3. The number of nitrogens with one attached hydrogen (secondary N) is 1. The number of para-hydroxylation sites is 1. The summed E-state index contributed by atoms with van der Waals surface area (Å²) in [4.78, 5) is 43.2. The number of esters is 1. The first-order valence-corrected chi connectivity index (χ1v) is 11.7. The van der Waals surface area contributed by atoms with Gasteiger partial charge in [0.05, 0.1) is 22.3 Å². The molecule has 2 aromatic carbocycles. The highest BCUT2D eigenvalue weighted by atomic mass is 32.1. The van der Waals surface area contributed by atoms with Crippen LogP contribution < -0.4 is 11.1 Å². The normalized spacial score (nSPS) is 12.4. The first-order chi connectivity index (χ1) is 16.5. The second kappa shape index (κ2) is 9.07. The summed E-state index contributed by atoms with van der Waals surface area (Å²) in [7, 11) is 0. The van der Waals surface area contributed by atoms with Crippen molar-refractivity contribution in [3.05, 3.63) is 82.2 Å². The van der Waals surface area contributed by atoms with Crippen LogP contribution in [0.4, 0.5) is 5.00 Å². The lowest BCUT2D eigenvalue weighted by Crippen LogP contribution is -2.23. The molecule has 0 bridgehead atoms. The number of amides is 2. The Kier molecular flexibility index (Phi) is 5.81. The first-order valence-electron chi connectivity index (χ1n) is 10.9. The van der Waals surface area contributed by atoms with Gasteiger partial charge >= 0.3 is 5.97 Å². The van der Waals surface area contributed by atoms with Gasteiger partial charge in [0, 0.05) is 15.8 Å². The number of aromatic nitrogens is 1. The van der Waals surface area contributed by atoms with Crippen LogP contribution >= 0.6 is 11.3 Å². The SMILES string of the molecule is NC(=O)c1c(NC(=O)COC(=O)c2cc(-c3ccccc3)nc3ccccc23)sc2c1CCC2. The van der Waals surface area contributed by atoms with Crippen molar-refractivity contribution in [2.75, 3.05) is 11.9 Å². The van der Waals surface area contributed by atoms with Crippen LogP contribution in [0.2, 0.25) is 0 Å². The van der Waals surface area contributed by atoms with Crippen molar-refractivity contribution < 1.29 is 19.1 Å². The molecule has 0 radical (unpaired) electrons. The molecule has 2 amide bonds. The largest absolute Gasteiger partial charge is 0.452 e. The van der Waals surface area contributed by atoms with Gasteiger partial charge in [0.15, 0.2) is 6.61 Å². The van der Waals surface area contributed by atoms with Crippen molar-refractivity contribution in [2.45, 2.75) is 19.3 Å². The molecule has 5 rings (SSSR count). The Labute approximate surface area is 199 Å². The summed E-state index contributed by atoms with van der Waals surface area (Å²) in [5.74, 6) is -1.73. The molecule has 2 heterocycles. The number of hydrogen-bond donors (Lipinski definition) is 2. The van der Waals surface area contributed by atoms with E-state index in [0.29, 0.717) is 32.7 Å². The van der Waals surface area contributed by atoms with Crippen molar-refractivity contribution >= 4 is 45.0 Å². The second-order valence-corrected chi connectivity index (χ2v) is 9.09. The summed E-state index contributed by atoms with van der Waals surface area (Å²) in [5.41, 5.74) is 9.31. The number of aryl methyl sites for hydroxylation is 1. The van der Waals surface area contributed by atoms with E-state index in [9.17, 15) is 14.4 Å². The fourth-order valence-corrected chi connectivity index (χ4v) is 5.54. The van der Waals surface area contributed by atoms with E-state index in [4.69, 9.17) is 10.5 Å². The van der Waals surface area contributed by atoms with Crippen LogP contribution in [0.5, 0.6) is 0 Å². The maximum atomic E-state index is 13.0. The standard InChI is InChI=1S/C26H21N3O4S/c27-24(31)23-17-10-6-12-21(17)34-25(23)29-22(30)14-33-26(32)18-13-20(15-7-2-1-3-8-15)28-19-11-5-4-9-16(18)19/h1-5,7-9,11,13H,6,10,12,14H2,(H2,27,31)(H,29,30). The van der Waals surface area contributed by atoms with Crippen molar-refractivity contribution in [3.63, 3.8) is 0 Å². The number of benzene rings is 2. The van der Waals surface area contributed by atoms with Gasteiger partial charge < -0.3 is 15.8 Å². The average Bonchev–Trinajstić information content (AvgIpc) is 3.43. The molecule has 2 aromatic heterocycles. The number of carbonyl (C=O) groups is 3. The Bertz CT molecular complexity index is 1430. The maximum absolute atomic E-state index is 13.0. The maximum Gasteiger partial charge on any atom is 0.339 e. The van der Waals surface area contributed by atoms with E-state index in [1.54, 1.807) is 12.1 Å². The lowest BCUT2D eigenvalue weighted by molar-refractivity contribution is -0.119. The summed E-state index contributed by atoms with van der Waals surface area (Å²) in [6.07, 6.45) is 2.61.